The minimum atomic E-state index is 0.0723. The topological polar surface area (TPSA) is 38.3 Å². The van der Waals surface area contributed by atoms with Gasteiger partial charge in [0.15, 0.2) is 0 Å². The fourth-order valence-electron chi connectivity index (χ4n) is 1.27. The Labute approximate surface area is 73.5 Å². The maximum absolute atomic E-state index is 11.2. The molecular formula is C9H17NO2. The van der Waals surface area contributed by atoms with E-state index in [1.165, 1.54) is 0 Å². The molecule has 0 spiro atoms. The summed E-state index contributed by atoms with van der Waals surface area (Å²) in [6.07, 6.45) is 2.36. The van der Waals surface area contributed by atoms with Crippen LogP contribution in [0.3, 0.4) is 0 Å². The molecule has 0 aromatic rings. The molecule has 1 saturated carbocycles. The van der Waals surface area contributed by atoms with Gasteiger partial charge in [-0.05, 0) is 12.8 Å². The fraction of sp³-hybridized carbons (Fsp3) is 0.889. The van der Waals surface area contributed by atoms with E-state index in [4.69, 9.17) is 4.74 Å². The van der Waals surface area contributed by atoms with Crippen molar-refractivity contribution in [2.75, 3.05) is 7.11 Å². The number of hydrogen-bond donors (Lipinski definition) is 1. The first-order valence-electron chi connectivity index (χ1n) is 4.48. The smallest absolute Gasteiger partial charge is 0.222 e. The van der Waals surface area contributed by atoms with Crippen LogP contribution >= 0.6 is 0 Å². The van der Waals surface area contributed by atoms with Crippen LogP contribution in [0, 0.1) is 5.92 Å². The number of methoxy groups -OCH3 is 1. The number of hydrogen-bond acceptors (Lipinski definition) is 2. The standard InChI is InChI=1S/C9H17NO2/c1-6(2)9(11)10-7-4-5-8(7)12-3/h6-8H,4-5H2,1-3H3,(H,10,11). The van der Waals surface area contributed by atoms with Gasteiger partial charge in [0.2, 0.25) is 5.91 Å². The Morgan fingerprint density at radius 1 is 1.50 bits per heavy atom. The third kappa shape index (κ3) is 1.97. The normalized spacial score (nSPS) is 28.3. The van der Waals surface area contributed by atoms with Crippen LogP contribution in [0.1, 0.15) is 26.7 Å². The molecular weight excluding hydrogens is 154 g/mol. The Balaban J connectivity index is 2.27. The zero-order valence-corrected chi connectivity index (χ0v) is 7.96. The van der Waals surface area contributed by atoms with E-state index < -0.39 is 0 Å². The van der Waals surface area contributed by atoms with Gasteiger partial charge in [0.25, 0.3) is 0 Å². The van der Waals surface area contributed by atoms with Crippen molar-refractivity contribution in [2.24, 2.45) is 5.92 Å². The summed E-state index contributed by atoms with van der Waals surface area (Å²) in [5.74, 6) is 0.199. The lowest BCUT2D eigenvalue weighted by atomic mass is 9.88. The molecule has 3 nitrogen and oxygen atoms in total. The summed E-state index contributed by atoms with van der Waals surface area (Å²) >= 11 is 0. The van der Waals surface area contributed by atoms with Crippen molar-refractivity contribution in [3.05, 3.63) is 0 Å². The predicted octanol–water partition coefficient (Wildman–Crippen LogP) is 0.936. The number of nitrogens with one attached hydrogen (secondary N) is 1. The van der Waals surface area contributed by atoms with Crippen molar-refractivity contribution in [1.82, 2.24) is 5.32 Å². The molecule has 1 aliphatic rings. The van der Waals surface area contributed by atoms with Crippen molar-refractivity contribution in [3.63, 3.8) is 0 Å². The van der Waals surface area contributed by atoms with Gasteiger partial charge < -0.3 is 10.1 Å². The van der Waals surface area contributed by atoms with Gasteiger partial charge in [0.05, 0.1) is 12.1 Å². The molecule has 1 amide bonds. The quantitative estimate of drug-likeness (QED) is 0.686. The first-order valence-corrected chi connectivity index (χ1v) is 4.48. The largest absolute Gasteiger partial charge is 0.379 e. The molecule has 3 heteroatoms. The molecule has 1 rings (SSSR count). The summed E-state index contributed by atoms with van der Waals surface area (Å²) in [4.78, 5) is 11.2. The lowest BCUT2D eigenvalue weighted by Gasteiger charge is -2.36. The van der Waals surface area contributed by atoms with Crippen LogP contribution in [0.2, 0.25) is 0 Å². The monoisotopic (exact) mass is 171 g/mol. The maximum atomic E-state index is 11.2. The Morgan fingerprint density at radius 3 is 2.50 bits per heavy atom. The summed E-state index contributed by atoms with van der Waals surface area (Å²) < 4.78 is 5.16. The number of carbonyl (C=O) groups excluding carboxylic acids is 1. The number of amides is 1. The SMILES string of the molecule is COC1CCC1NC(=O)C(C)C. The Kier molecular flexibility index (Phi) is 3.09. The molecule has 0 aliphatic heterocycles. The Hall–Kier alpha value is -0.570. The van der Waals surface area contributed by atoms with Gasteiger partial charge in [-0.2, -0.15) is 0 Å². The van der Waals surface area contributed by atoms with Gasteiger partial charge in [0, 0.05) is 13.0 Å². The van der Waals surface area contributed by atoms with Crippen molar-refractivity contribution in [1.29, 1.82) is 0 Å². The molecule has 0 radical (unpaired) electrons. The molecule has 0 bridgehead atoms. The second-order valence-corrected chi connectivity index (χ2v) is 3.62. The molecule has 0 saturated heterocycles. The average Bonchev–Trinajstić information content (AvgIpc) is 1.98. The average molecular weight is 171 g/mol. The van der Waals surface area contributed by atoms with Crippen molar-refractivity contribution < 1.29 is 9.53 Å². The minimum absolute atomic E-state index is 0.0723. The van der Waals surface area contributed by atoms with Crippen molar-refractivity contribution in [2.45, 2.75) is 38.8 Å². The van der Waals surface area contributed by atoms with E-state index in [0.717, 1.165) is 12.8 Å². The van der Waals surface area contributed by atoms with E-state index in [1.807, 2.05) is 13.8 Å². The second-order valence-electron chi connectivity index (χ2n) is 3.62. The van der Waals surface area contributed by atoms with E-state index in [2.05, 4.69) is 5.32 Å². The molecule has 1 fully saturated rings. The van der Waals surface area contributed by atoms with Gasteiger partial charge in [0.1, 0.15) is 0 Å². The minimum Gasteiger partial charge on any atom is -0.379 e. The zero-order chi connectivity index (χ0) is 9.14. The molecule has 2 unspecified atom stereocenters. The Bertz CT molecular complexity index is 166. The molecule has 2 atom stereocenters. The summed E-state index contributed by atoms with van der Waals surface area (Å²) in [5.41, 5.74) is 0. The lowest BCUT2D eigenvalue weighted by molar-refractivity contribution is -0.127. The molecule has 0 heterocycles. The summed E-state index contributed by atoms with van der Waals surface area (Å²) in [7, 11) is 1.69. The number of rotatable bonds is 3. The summed E-state index contributed by atoms with van der Waals surface area (Å²) in [6, 6.07) is 0.255. The van der Waals surface area contributed by atoms with Crippen molar-refractivity contribution in [3.8, 4) is 0 Å². The third-order valence-electron chi connectivity index (χ3n) is 2.37. The fourth-order valence-corrected chi connectivity index (χ4v) is 1.27. The predicted molar refractivity (Wildman–Crippen MR) is 46.8 cm³/mol. The first-order chi connectivity index (χ1) is 5.65. The highest BCUT2D eigenvalue weighted by Gasteiger charge is 2.32. The molecule has 0 aromatic carbocycles. The highest BCUT2D eigenvalue weighted by molar-refractivity contribution is 5.78. The molecule has 1 N–H and O–H groups in total. The van der Waals surface area contributed by atoms with E-state index in [-0.39, 0.29) is 24.0 Å². The van der Waals surface area contributed by atoms with Gasteiger partial charge in [-0.3, -0.25) is 4.79 Å². The highest BCUT2D eigenvalue weighted by atomic mass is 16.5. The molecule has 1 aliphatic carbocycles. The van der Waals surface area contributed by atoms with Crippen LogP contribution in [0.4, 0.5) is 0 Å². The molecule has 0 aromatic heterocycles. The van der Waals surface area contributed by atoms with E-state index in [0.29, 0.717) is 0 Å². The van der Waals surface area contributed by atoms with Gasteiger partial charge in [-0.25, -0.2) is 0 Å². The Morgan fingerprint density at radius 2 is 2.17 bits per heavy atom. The molecule has 70 valence electrons. The van der Waals surface area contributed by atoms with Crippen LogP contribution < -0.4 is 5.32 Å². The van der Waals surface area contributed by atoms with Gasteiger partial charge >= 0.3 is 0 Å². The number of ether oxygens (including phenoxy) is 1. The van der Waals surface area contributed by atoms with Gasteiger partial charge in [-0.15, -0.1) is 0 Å². The number of carbonyl (C=O) groups is 1. The summed E-state index contributed by atoms with van der Waals surface area (Å²) in [6.45, 7) is 3.80. The highest BCUT2D eigenvalue weighted by Crippen LogP contribution is 2.22. The van der Waals surface area contributed by atoms with Crippen LogP contribution in [-0.2, 0) is 9.53 Å². The maximum Gasteiger partial charge on any atom is 0.222 e. The summed E-state index contributed by atoms with van der Waals surface area (Å²) in [5, 5.41) is 2.95. The second kappa shape index (κ2) is 3.90. The first kappa shape index (κ1) is 9.52. The third-order valence-corrected chi connectivity index (χ3v) is 2.37. The zero-order valence-electron chi connectivity index (χ0n) is 7.96. The van der Waals surface area contributed by atoms with Crippen molar-refractivity contribution >= 4 is 5.91 Å². The van der Waals surface area contributed by atoms with Crippen LogP contribution in [0.5, 0.6) is 0 Å². The molecule has 12 heavy (non-hydrogen) atoms. The lowest BCUT2D eigenvalue weighted by Crippen LogP contribution is -2.52. The van der Waals surface area contributed by atoms with E-state index in [9.17, 15) is 4.79 Å². The van der Waals surface area contributed by atoms with E-state index >= 15 is 0 Å². The van der Waals surface area contributed by atoms with Crippen LogP contribution in [0.25, 0.3) is 0 Å². The van der Waals surface area contributed by atoms with E-state index in [1.54, 1.807) is 7.11 Å². The van der Waals surface area contributed by atoms with Gasteiger partial charge in [-0.1, -0.05) is 13.8 Å². The van der Waals surface area contributed by atoms with Crippen LogP contribution in [0.15, 0.2) is 0 Å². The van der Waals surface area contributed by atoms with Crippen LogP contribution in [-0.4, -0.2) is 25.2 Å².